The van der Waals surface area contributed by atoms with Gasteiger partial charge in [-0.15, -0.1) is 11.3 Å². The number of benzene rings is 1. The van der Waals surface area contributed by atoms with Gasteiger partial charge in [-0.3, -0.25) is 0 Å². The summed E-state index contributed by atoms with van der Waals surface area (Å²) in [6.07, 6.45) is 1.33. The standard InChI is InChI=1S/C19H17NO6S/c1-12-3-5-13(6-4-12)25-10-17-20-15(11-27-17)19(22)26-9-16-14(7-8-24-16)18(21)23-2/h3-8,11H,9-10H2,1-2H3. The van der Waals surface area contributed by atoms with Crippen LogP contribution in [0.4, 0.5) is 0 Å². The lowest BCUT2D eigenvalue weighted by molar-refractivity contribution is 0.0426. The summed E-state index contributed by atoms with van der Waals surface area (Å²) in [5, 5.41) is 2.25. The number of aryl methyl sites for hydroxylation is 1. The molecule has 0 saturated carbocycles. The van der Waals surface area contributed by atoms with Gasteiger partial charge in [-0.25, -0.2) is 14.6 Å². The summed E-state index contributed by atoms with van der Waals surface area (Å²) in [6.45, 7) is 2.06. The van der Waals surface area contributed by atoms with Gasteiger partial charge in [0.2, 0.25) is 0 Å². The second-order valence-electron chi connectivity index (χ2n) is 5.55. The van der Waals surface area contributed by atoms with Gasteiger partial charge in [0.25, 0.3) is 0 Å². The second kappa shape index (κ2) is 8.50. The fourth-order valence-electron chi connectivity index (χ4n) is 2.20. The molecule has 0 radical (unpaired) electrons. The first-order chi connectivity index (χ1) is 13.1. The van der Waals surface area contributed by atoms with E-state index in [1.807, 2.05) is 31.2 Å². The Hall–Kier alpha value is -3.13. The molecule has 0 aliphatic rings. The van der Waals surface area contributed by atoms with Crippen LogP contribution in [0.25, 0.3) is 0 Å². The van der Waals surface area contributed by atoms with E-state index in [1.54, 1.807) is 5.38 Å². The predicted molar refractivity (Wildman–Crippen MR) is 96.8 cm³/mol. The molecule has 2 aromatic heterocycles. The Morgan fingerprint density at radius 3 is 2.63 bits per heavy atom. The molecular formula is C19H17NO6S. The zero-order valence-corrected chi connectivity index (χ0v) is 15.6. The number of rotatable bonds is 7. The summed E-state index contributed by atoms with van der Waals surface area (Å²) < 4.78 is 20.6. The van der Waals surface area contributed by atoms with Crippen LogP contribution in [0.1, 0.15) is 37.2 Å². The van der Waals surface area contributed by atoms with Crippen LogP contribution in [0.15, 0.2) is 46.4 Å². The van der Waals surface area contributed by atoms with Crippen molar-refractivity contribution in [2.24, 2.45) is 0 Å². The molecule has 8 heteroatoms. The van der Waals surface area contributed by atoms with Gasteiger partial charge in [-0.1, -0.05) is 17.7 Å². The lowest BCUT2D eigenvalue weighted by Crippen LogP contribution is -2.09. The zero-order chi connectivity index (χ0) is 19.2. The molecule has 3 aromatic rings. The van der Waals surface area contributed by atoms with E-state index in [-0.39, 0.29) is 30.2 Å². The van der Waals surface area contributed by atoms with Gasteiger partial charge in [0.1, 0.15) is 22.9 Å². The van der Waals surface area contributed by atoms with Crippen LogP contribution < -0.4 is 4.74 Å². The molecular weight excluding hydrogens is 370 g/mol. The Morgan fingerprint density at radius 1 is 1.11 bits per heavy atom. The van der Waals surface area contributed by atoms with Crippen molar-refractivity contribution in [2.45, 2.75) is 20.1 Å². The van der Waals surface area contributed by atoms with Crippen molar-refractivity contribution in [3.8, 4) is 5.75 Å². The molecule has 140 valence electrons. The quantitative estimate of drug-likeness (QED) is 0.570. The first-order valence-electron chi connectivity index (χ1n) is 8.02. The molecule has 0 fully saturated rings. The highest BCUT2D eigenvalue weighted by molar-refractivity contribution is 7.09. The van der Waals surface area contributed by atoms with E-state index in [9.17, 15) is 9.59 Å². The largest absolute Gasteiger partial charge is 0.486 e. The van der Waals surface area contributed by atoms with Gasteiger partial charge in [0.05, 0.1) is 13.4 Å². The predicted octanol–water partition coefficient (Wildman–Crippen LogP) is 3.77. The van der Waals surface area contributed by atoms with Crippen molar-refractivity contribution in [3.63, 3.8) is 0 Å². The molecule has 3 rings (SSSR count). The van der Waals surface area contributed by atoms with Crippen molar-refractivity contribution in [1.29, 1.82) is 0 Å². The topological polar surface area (TPSA) is 87.9 Å². The summed E-state index contributed by atoms with van der Waals surface area (Å²) in [5.41, 5.74) is 1.54. The number of thiazole rings is 1. The Morgan fingerprint density at radius 2 is 1.89 bits per heavy atom. The molecule has 0 amide bonds. The Bertz CT molecular complexity index is 928. The van der Waals surface area contributed by atoms with E-state index in [4.69, 9.17) is 13.9 Å². The number of hydrogen-bond acceptors (Lipinski definition) is 8. The highest BCUT2D eigenvalue weighted by atomic mass is 32.1. The van der Waals surface area contributed by atoms with Crippen molar-refractivity contribution in [1.82, 2.24) is 4.98 Å². The highest BCUT2D eigenvalue weighted by Crippen LogP contribution is 2.18. The maximum Gasteiger partial charge on any atom is 0.358 e. The van der Waals surface area contributed by atoms with Gasteiger partial charge in [0, 0.05) is 5.38 Å². The highest BCUT2D eigenvalue weighted by Gasteiger charge is 2.18. The number of carbonyl (C=O) groups is 2. The van der Waals surface area contributed by atoms with Crippen LogP contribution in [-0.2, 0) is 22.7 Å². The zero-order valence-electron chi connectivity index (χ0n) is 14.8. The summed E-state index contributed by atoms with van der Waals surface area (Å²) >= 11 is 1.30. The number of ether oxygens (including phenoxy) is 3. The lowest BCUT2D eigenvalue weighted by atomic mass is 10.2. The van der Waals surface area contributed by atoms with Crippen molar-refractivity contribution < 1.29 is 28.2 Å². The molecule has 0 atom stereocenters. The van der Waals surface area contributed by atoms with E-state index < -0.39 is 11.9 Å². The smallest absolute Gasteiger partial charge is 0.358 e. The van der Waals surface area contributed by atoms with Crippen LogP contribution in [0, 0.1) is 6.92 Å². The maximum atomic E-state index is 12.1. The van der Waals surface area contributed by atoms with Gasteiger partial charge in [-0.05, 0) is 25.1 Å². The molecule has 0 N–H and O–H groups in total. The minimum absolute atomic E-state index is 0.175. The molecule has 27 heavy (non-hydrogen) atoms. The SMILES string of the molecule is COC(=O)c1ccoc1COC(=O)c1csc(COc2ccc(C)cc2)n1. The molecule has 2 heterocycles. The van der Waals surface area contributed by atoms with E-state index >= 15 is 0 Å². The first-order valence-corrected chi connectivity index (χ1v) is 8.90. The second-order valence-corrected chi connectivity index (χ2v) is 6.50. The number of hydrogen-bond donors (Lipinski definition) is 0. The Kier molecular flexibility index (Phi) is 5.87. The number of furan rings is 1. The van der Waals surface area contributed by atoms with Crippen molar-refractivity contribution in [2.75, 3.05) is 7.11 Å². The number of esters is 2. The van der Waals surface area contributed by atoms with Gasteiger partial charge in [0.15, 0.2) is 18.1 Å². The Labute approximate surface area is 159 Å². The first kappa shape index (κ1) is 18.7. The van der Waals surface area contributed by atoms with Crippen LogP contribution in [0.5, 0.6) is 5.75 Å². The van der Waals surface area contributed by atoms with E-state index in [0.29, 0.717) is 5.01 Å². The summed E-state index contributed by atoms with van der Waals surface area (Å²) in [7, 11) is 1.26. The van der Waals surface area contributed by atoms with E-state index in [0.717, 1.165) is 11.3 Å². The van der Waals surface area contributed by atoms with E-state index in [2.05, 4.69) is 9.72 Å². The van der Waals surface area contributed by atoms with Crippen LogP contribution in [-0.4, -0.2) is 24.0 Å². The lowest BCUT2D eigenvalue weighted by Gasteiger charge is -2.04. The normalized spacial score (nSPS) is 10.4. The number of carbonyl (C=O) groups excluding carboxylic acids is 2. The third kappa shape index (κ3) is 4.73. The third-order valence-electron chi connectivity index (χ3n) is 3.63. The van der Waals surface area contributed by atoms with Crippen LogP contribution in [0.3, 0.4) is 0 Å². The Balaban J connectivity index is 1.55. The van der Waals surface area contributed by atoms with Gasteiger partial charge in [-0.2, -0.15) is 0 Å². The summed E-state index contributed by atoms with van der Waals surface area (Å²) in [5.74, 6) is -0.222. The van der Waals surface area contributed by atoms with Gasteiger partial charge >= 0.3 is 11.9 Å². The average molecular weight is 387 g/mol. The molecule has 0 aliphatic heterocycles. The van der Waals surface area contributed by atoms with Crippen LogP contribution >= 0.6 is 11.3 Å². The average Bonchev–Trinajstić information content (AvgIpc) is 3.34. The number of methoxy groups -OCH3 is 1. The third-order valence-corrected chi connectivity index (χ3v) is 4.45. The monoisotopic (exact) mass is 387 g/mol. The molecule has 0 saturated heterocycles. The van der Waals surface area contributed by atoms with Crippen molar-refractivity contribution >= 4 is 23.3 Å². The molecule has 1 aromatic carbocycles. The van der Waals surface area contributed by atoms with E-state index in [1.165, 1.54) is 30.8 Å². The molecule has 0 bridgehead atoms. The summed E-state index contributed by atoms with van der Waals surface area (Å²) in [4.78, 5) is 27.9. The molecule has 7 nitrogen and oxygen atoms in total. The van der Waals surface area contributed by atoms with Crippen molar-refractivity contribution in [3.05, 3.63) is 69.6 Å². The fourth-order valence-corrected chi connectivity index (χ4v) is 2.87. The molecule has 0 spiro atoms. The molecule has 0 aliphatic carbocycles. The van der Waals surface area contributed by atoms with Gasteiger partial charge < -0.3 is 18.6 Å². The maximum absolute atomic E-state index is 12.1. The summed E-state index contributed by atoms with van der Waals surface area (Å²) in [6, 6.07) is 9.12. The minimum Gasteiger partial charge on any atom is -0.486 e. The van der Waals surface area contributed by atoms with Crippen LogP contribution in [0.2, 0.25) is 0 Å². The number of aromatic nitrogens is 1. The number of nitrogens with zero attached hydrogens (tertiary/aromatic N) is 1. The molecule has 0 unspecified atom stereocenters. The minimum atomic E-state index is -0.611. The fraction of sp³-hybridized carbons (Fsp3) is 0.211.